The van der Waals surface area contributed by atoms with Crippen molar-refractivity contribution >= 4 is 18.3 Å². The van der Waals surface area contributed by atoms with Crippen LogP contribution in [0.15, 0.2) is 12.3 Å². The molecule has 0 bridgehead atoms. The molecule has 7 heteroatoms. The van der Waals surface area contributed by atoms with E-state index in [1.807, 2.05) is 16.9 Å². The van der Waals surface area contributed by atoms with Crippen LogP contribution in [0.4, 0.5) is 0 Å². The van der Waals surface area contributed by atoms with E-state index >= 15 is 0 Å². The summed E-state index contributed by atoms with van der Waals surface area (Å²) in [6.07, 6.45) is 6.26. The van der Waals surface area contributed by atoms with Crippen LogP contribution in [0, 0.1) is 5.92 Å². The Labute approximate surface area is 137 Å². The molecule has 1 aromatic heterocycles. The summed E-state index contributed by atoms with van der Waals surface area (Å²) in [7, 11) is 0. The molecular formula is C15H25ClN4O2. The highest BCUT2D eigenvalue weighted by Gasteiger charge is 2.19. The van der Waals surface area contributed by atoms with E-state index in [4.69, 9.17) is 4.74 Å². The van der Waals surface area contributed by atoms with Crippen LogP contribution < -0.4 is 10.6 Å². The Bertz CT molecular complexity index is 468. The van der Waals surface area contributed by atoms with Crippen molar-refractivity contribution in [3.8, 4) is 0 Å². The first-order valence-corrected chi connectivity index (χ1v) is 7.95. The van der Waals surface area contributed by atoms with Crippen LogP contribution >= 0.6 is 12.4 Å². The zero-order valence-corrected chi connectivity index (χ0v) is 13.6. The second kappa shape index (κ2) is 8.50. The highest BCUT2D eigenvalue weighted by atomic mass is 35.5. The van der Waals surface area contributed by atoms with Crippen LogP contribution in [0.25, 0.3) is 0 Å². The maximum atomic E-state index is 12.1. The standard InChI is InChI=1S/C15H24N4O2.ClH/c20-15(17-10-12-4-8-21-9-5-12)14-3-7-19(18-14)13-2-1-6-16-11-13;/h3,7,12-13,16H,1-2,4-6,8-11H2,(H,17,20);1H. The second-order valence-corrected chi connectivity index (χ2v) is 5.95. The predicted octanol–water partition coefficient (Wildman–Crippen LogP) is 1.39. The Hall–Kier alpha value is -1.11. The van der Waals surface area contributed by atoms with Gasteiger partial charge in [0.1, 0.15) is 5.69 Å². The molecule has 1 aromatic rings. The minimum atomic E-state index is -0.0657. The van der Waals surface area contributed by atoms with Crippen LogP contribution in [0.3, 0.4) is 0 Å². The average molecular weight is 329 g/mol. The van der Waals surface area contributed by atoms with Gasteiger partial charge in [-0.3, -0.25) is 9.48 Å². The summed E-state index contributed by atoms with van der Waals surface area (Å²) in [5.41, 5.74) is 0.521. The lowest BCUT2D eigenvalue weighted by Gasteiger charge is -2.23. The molecule has 1 amide bonds. The number of carbonyl (C=O) groups excluding carboxylic acids is 1. The molecule has 1 unspecified atom stereocenters. The molecule has 2 aliphatic heterocycles. The molecule has 3 heterocycles. The first-order chi connectivity index (χ1) is 10.3. The number of rotatable bonds is 4. The Kier molecular flexibility index (Phi) is 6.67. The van der Waals surface area contributed by atoms with Gasteiger partial charge in [-0.2, -0.15) is 5.10 Å². The van der Waals surface area contributed by atoms with E-state index in [0.717, 1.165) is 58.5 Å². The van der Waals surface area contributed by atoms with Gasteiger partial charge in [0.25, 0.3) is 5.91 Å². The molecule has 0 spiro atoms. The fourth-order valence-electron chi connectivity index (χ4n) is 3.00. The lowest BCUT2D eigenvalue weighted by molar-refractivity contribution is 0.0642. The fraction of sp³-hybridized carbons (Fsp3) is 0.733. The molecule has 2 N–H and O–H groups in total. The smallest absolute Gasteiger partial charge is 0.271 e. The molecule has 2 aliphatic rings. The number of nitrogens with zero attached hydrogens (tertiary/aromatic N) is 2. The molecule has 0 saturated carbocycles. The summed E-state index contributed by atoms with van der Waals surface area (Å²) in [6.45, 7) is 4.36. The Morgan fingerprint density at radius 2 is 2.23 bits per heavy atom. The first kappa shape index (κ1) is 17.2. The van der Waals surface area contributed by atoms with E-state index in [9.17, 15) is 4.79 Å². The SMILES string of the molecule is Cl.O=C(NCC1CCOCC1)c1ccn(C2CCCNC2)n1. The van der Waals surface area contributed by atoms with Crippen molar-refractivity contribution in [2.24, 2.45) is 5.92 Å². The van der Waals surface area contributed by atoms with E-state index in [0.29, 0.717) is 17.7 Å². The molecule has 0 radical (unpaired) electrons. The largest absolute Gasteiger partial charge is 0.381 e. The van der Waals surface area contributed by atoms with Crippen LogP contribution in [0.5, 0.6) is 0 Å². The Balaban J connectivity index is 0.00000176. The van der Waals surface area contributed by atoms with Gasteiger partial charge >= 0.3 is 0 Å². The number of nitrogens with one attached hydrogen (secondary N) is 2. The molecule has 22 heavy (non-hydrogen) atoms. The van der Waals surface area contributed by atoms with E-state index < -0.39 is 0 Å². The number of hydrogen-bond acceptors (Lipinski definition) is 4. The number of amides is 1. The lowest BCUT2D eigenvalue weighted by atomic mass is 10.0. The molecule has 2 saturated heterocycles. The monoisotopic (exact) mass is 328 g/mol. The van der Waals surface area contributed by atoms with Gasteiger partial charge < -0.3 is 15.4 Å². The number of aromatic nitrogens is 2. The minimum absolute atomic E-state index is 0. The molecule has 6 nitrogen and oxygen atoms in total. The summed E-state index contributed by atoms with van der Waals surface area (Å²) in [5.74, 6) is 0.469. The molecule has 3 rings (SSSR count). The number of hydrogen-bond donors (Lipinski definition) is 2. The number of ether oxygens (including phenoxy) is 1. The summed E-state index contributed by atoms with van der Waals surface area (Å²) in [6, 6.07) is 2.18. The third-order valence-electron chi connectivity index (χ3n) is 4.38. The normalized spacial score (nSPS) is 22.8. The van der Waals surface area contributed by atoms with E-state index in [-0.39, 0.29) is 18.3 Å². The van der Waals surface area contributed by atoms with Crippen molar-refractivity contribution in [3.63, 3.8) is 0 Å². The van der Waals surface area contributed by atoms with Crippen LogP contribution in [-0.2, 0) is 4.74 Å². The predicted molar refractivity (Wildman–Crippen MR) is 86.5 cm³/mol. The fourth-order valence-corrected chi connectivity index (χ4v) is 3.00. The quantitative estimate of drug-likeness (QED) is 0.876. The van der Waals surface area contributed by atoms with Gasteiger partial charge in [-0.1, -0.05) is 0 Å². The number of halogens is 1. The lowest BCUT2D eigenvalue weighted by Crippen LogP contribution is -2.33. The van der Waals surface area contributed by atoms with Crippen molar-refractivity contribution in [2.75, 3.05) is 32.8 Å². The molecule has 2 fully saturated rings. The molecule has 1 atom stereocenters. The summed E-state index contributed by atoms with van der Waals surface area (Å²) in [5, 5.41) is 10.8. The average Bonchev–Trinajstić information content (AvgIpc) is 3.04. The summed E-state index contributed by atoms with van der Waals surface area (Å²) in [4.78, 5) is 12.1. The van der Waals surface area contributed by atoms with E-state index in [1.165, 1.54) is 0 Å². The Morgan fingerprint density at radius 1 is 1.41 bits per heavy atom. The highest BCUT2D eigenvalue weighted by molar-refractivity contribution is 5.92. The molecular weight excluding hydrogens is 304 g/mol. The van der Waals surface area contributed by atoms with Gasteiger partial charge in [-0.15, -0.1) is 12.4 Å². The third-order valence-corrected chi connectivity index (χ3v) is 4.38. The van der Waals surface area contributed by atoms with Gasteiger partial charge in [-0.25, -0.2) is 0 Å². The highest BCUT2D eigenvalue weighted by Crippen LogP contribution is 2.16. The van der Waals surface area contributed by atoms with Gasteiger partial charge in [0.05, 0.1) is 6.04 Å². The van der Waals surface area contributed by atoms with Gasteiger partial charge in [0.2, 0.25) is 0 Å². The molecule has 124 valence electrons. The first-order valence-electron chi connectivity index (χ1n) is 7.95. The maximum absolute atomic E-state index is 12.1. The van der Waals surface area contributed by atoms with Crippen molar-refractivity contribution in [2.45, 2.75) is 31.7 Å². The van der Waals surface area contributed by atoms with Gasteiger partial charge in [0, 0.05) is 32.5 Å². The minimum Gasteiger partial charge on any atom is -0.381 e. The van der Waals surface area contributed by atoms with E-state index in [1.54, 1.807) is 0 Å². The van der Waals surface area contributed by atoms with Crippen molar-refractivity contribution < 1.29 is 9.53 Å². The van der Waals surface area contributed by atoms with Crippen LogP contribution in [0.2, 0.25) is 0 Å². The molecule has 0 aliphatic carbocycles. The number of piperidine rings is 1. The Morgan fingerprint density at radius 3 is 2.95 bits per heavy atom. The molecule has 0 aromatic carbocycles. The van der Waals surface area contributed by atoms with Gasteiger partial charge in [-0.05, 0) is 44.2 Å². The van der Waals surface area contributed by atoms with Crippen molar-refractivity contribution in [1.29, 1.82) is 0 Å². The topological polar surface area (TPSA) is 68.2 Å². The zero-order chi connectivity index (χ0) is 14.5. The van der Waals surface area contributed by atoms with Crippen molar-refractivity contribution in [1.82, 2.24) is 20.4 Å². The zero-order valence-electron chi connectivity index (χ0n) is 12.8. The van der Waals surface area contributed by atoms with Gasteiger partial charge in [0.15, 0.2) is 0 Å². The van der Waals surface area contributed by atoms with Crippen molar-refractivity contribution in [3.05, 3.63) is 18.0 Å². The summed E-state index contributed by atoms with van der Waals surface area (Å²) < 4.78 is 7.25. The summed E-state index contributed by atoms with van der Waals surface area (Å²) >= 11 is 0. The third kappa shape index (κ3) is 4.44. The maximum Gasteiger partial charge on any atom is 0.271 e. The van der Waals surface area contributed by atoms with Crippen LogP contribution in [-0.4, -0.2) is 48.5 Å². The number of carbonyl (C=O) groups is 1. The van der Waals surface area contributed by atoms with Crippen LogP contribution in [0.1, 0.15) is 42.2 Å². The second-order valence-electron chi connectivity index (χ2n) is 5.95. The van der Waals surface area contributed by atoms with E-state index in [2.05, 4.69) is 15.7 Å².